The number of nitrogens with zero attached hydrogens (tertiary/aromatic N) is 3. The minimum absolute atomic E-state index is 0.0492. The lowest BCUT2D eigenvalue weighted by atomic mass is 9.98. The molecule has 0 aliphatic heterocycles. The Labute approximate surface area is 210 Å². The highest BCUT2D eigenvalue weighted by Crippen LogP contribution is 2.39. The number of rotatable bonds is 10. The second kappa shape index (κ2) is 11.8. The number of nitriles is 1. The van der Waals surface area contributed by atoms with Crippen molar-refractivity contribution in [2.45, 2.75) is 50.6 Å². The fourth-order valence-electron chi connectivity index (χ4n) is 2.84. The highest BCUT2D eigenvalue weighted by Gasteiger charge is 2.30. The molecule has 34 heavy (non-hydrogen) atoms. The van der Waals surface area contributed by atoms with Gasteiger partial charge in [-0.2, -0.15) is 14.0 Å². The van der Waals surface area contributed by atoms with Crippen LogP contribution in [-0.2, 0) is 11.0 Å². The summed E-state index contributed by atoms with van der Waals surface area (Å²) in [6, 6.07) is 5.53. The van der Waals surface area contributed by atoms with Gasteiger partial charge in [-0.3, -0.25) is 10.1 Å². The molecular weight excluding hydrogens is 560 g/mol. The van der Waals surface area contributed by atoms with Crippen molar-refractivity contribution < 1.29 is 22.6 Å². The molecule has 0 spiro atoms. The summed E-state index contributed by atoms with van der Waals surface area (Å²) in [7, 11) is -1.62. The Kier molecular flexibility index (Phi) is 9.69. The first-order chi connectivity index (χ1) is 15.8. The SMILES string of the molecule is CC(C)(C)S(=O)N[C@@H](C#N)C[C@@H](Nc1cc(Cl)ncc1[N+](=O)[O-])c1c(Br)cccc1OC(F)F. The van der Waals surface area contributed by atoms with Crippen molar-refractivity contribution in [1.82, 2.24) is 9.71 Å². The predicted octanol–water partition coefficient (Wildman–Crippen LogP) is 5.49. The first-order valence-corrected chi connectivity index (χ1v) is 12.0. The lowest BCUT2D eigenvalue weighted by Gasteiger charge is -2.27. The summed E-state index contributed by atoms with van der Waals surface area (Å²) >= 11 is 9.23. The molecule has 9 nitrogen and oxygen atoms in total. The second-order valence-corrected chi connectivity index (χ2v) is 11.2. The zero-order valence-corrected chi connectivity index (χ0v) is 21.4. The summed E-state index contributed by atoms with van der Waals surface area (Å²) < 4.78 is 45.8. The van der Waals surface area contributed by atoms with E-state index < -0.39 is 45.0 Å². The maximum absolute atomic E-state index is 13.1. The monoisotopic (exact) mass is 579 g/mol. The molecule has 0 bridgehead atoms. The summed E-state index contributed by atoms with van der Waals surface area (Å²) in [6.45, 7) is 2.00. The zero-order valence-electron chi connectivity index (χ0n) is 18.2. The Balaban J connectivity index is 2.58. The molecule has 2 rings (SSSR count). The third-order valence-electron chi connectivity index (χ3n) is 4.39. The van der Waals surface area contributed by atoms with Crippen molar-refractivity contribution in [2.75, 3.05) is 5.32 Å². The Morgan fingerprint density at radius 1 is 1.41 bits per heavy atom. The second-order valence-electron chi connectivity index (χ2n) is 7.92. The van der Waals surface area contributed by atoms with E-state index in [1.807, 2.05) is 6.07 Å². The van der Waals surface area contributed by atoms with Crippen LogP contribution in [0.3, 0.4) is 0 Å². The molecule has 2 N–H and O–H groups in total. The van der Waals surface area contributed by atoms with Crippen molar-refractivity contribution >= 4 is 49.9 Å². The van der Waals surface area contributed by atoms with Gasteiger partial charge in [0.1, 0.15) is 28.8 Å². The topological polar surface area (TPSA) is 130 Å². The molecule has 3 atom stereocenters. The highest BCUT2D eigenvalue weighted by molar-refractivity contribution is 9.10. The van der Waals surface area contributed by atoms with Crippen molar-refractivity contribution in [1.29, 1.82) is 5.26 Å². The van der Waals surface area contributed by atoms with Gasteiger partial charge in [0.05, 0.1) is 32.8 Å². The molecule has 2 aromatic rings. The van der Waals surface area contributed by atoms with E-state index in [1.165, 1.54) is 18.2 Å². The molecule has 1 aromatic carbocycles. The number of halogens is 4. The van der Waals surface area contributed by atoms with Crippen molar-refractivity contribution in [3.63, 3.8) is 0 Å². The largest absolute Gasteiger partial charge is 0.434 e. The predicted molar refractivity (Wildman–Crippen MR) is 128 cm³/mol. The van der Waals surface area contributed by atoms with Gasteiger partial charge < -0.3 is 10.1 Å². The number of hydrogen-bond donors (Lipinski definition) is 2. The van der Waals surface area contributed by atoms with Crippen molar-refractivity contribution in [3.8, 4) is 11.8 Å². The molecule has 0 fully saturated rings. The van der Waals surface area contributed by atoms with Crippen LogP contribution in [0, 0.1) is 21.4 Å². The standard InChI is InChI=1S/C20H21BrClF2N5O4S/c1-20(2,3)34(32)28-11(9-25)7-14(18-12(21)5-4-6-16(18)33-19(23)24)27-13-8-17(22)26-10-15(13)29(30)31/h4-6,8,10-11,14,19,28H,7H2,1-3H3,(H,26,27)/t11-,14-,34?/m1/s1. The average molecular weight is 581 g/mol. The molecule has 184 valence electrons. The zero-order chi connectivity index (χ0) is 25.6. The van der Waals surface area contributed by atoms with Gasteiger partial charge in [0.25, 0.3) is 0 Å². The van der Waals surface area contributed by atoms with Crippen LogP contribution < -0.4 is 14.8 Å². The number of alkyl halides is 2. The van der Waals surface area contributed by atoms with Crippen LogP contribution in [-0.4, -0.2) is 31.5 Å². The van der Waals surface area contributed by atoms with Crippen LogP contribution in [0.15, 0.2) is 34.9 Å². The minimum Gasteiger partial charge on any atom is -0.434 e. The van der Waals surface area contributed by atoms with Gasteiger partial charge in [-0.05, 0) is 32.9 Å². The molecule has 0 saturated carbocycles. The van der Waals surface area contributed by atoms with Crippen LogP contribution in [0.4, 0.5) is 20.2 Å². The Morgan fingerprint density at radius 2 is 2.09 bits per heavy atom. The Hall–Kier alpha value is -2.40. The third-order valence-corrected chi connectivity index (χ3v) is 6.90. The lowest BCUT2D eigenvalue weighted by Crippen LogP contribution is -2.40. The van der Waals surface area contributed by atoms with Crippen LogP contribution in [0.5, 0.6) is 5.75 Å². The molecular formula is C20H21BrClF2N5O4S. The van der Waals surface area contributed by atoms with Gasteiger partial charge in [0.2, 0.25) is 0 Å². The van der Waals surface area contributed by atoms with Crippen LogP contribution in [0.2, 0.25) is 5.15 Å². The van der Waals surface area contributed by atoms with E-state index in [0.29, 0.717) is 4.47 Å². The number of aromatic nitrogens is 1. The highest BCUT2D eigenvalue weighted by atomic mass is 79.9. The summed E-state index contributed by atoms with van der Waals surface area (Å²) in [5, 5.41) is 24.1. The van der Waals surface area contributed by atoms with E-state index in [0.717, 1.165) is 6.20 Å². The first-order valence-electron chi connectivity index (χ1n) is 9.70. The summed E-state index contributed by atoms with van der Waals surface area (Å²) in [6.07, 6.45) is 0.824. The molecule has 0 aliphatic rings. The van der Waals surface area contributed by atoms with E-state index in [4.69, 9.17) is 11.6 Å². The maximum Gasteiger partial charge on any atom is 0.387 e. The normalized spacial score (nSPS) is 14.2. The summed E-state index contributed by atoms with van der Waals surface area (Å²) in [4.78, 5) is 14.5. The fourth-order valence-corrected chi connectivity index (χ4v) is 4.39. The van der Waals surface area contributed by atoms with Gasteiger partial charge in [-0.15, -0.1) is 0 Å². The maximum atomic E-state index is 13.1. The van der Waals surface area contributed by atoms with E-state index in [2.05, 4.69) is 35.7 Å². The van der Waals surface area contributed by atoms with Crippen LogP contribution in [0.1, 0.15) is 38.8 Å². The summed E-state index contributed by atoms with van der Waals surface area (Å²) in [5.41, 5.74) is -0.298. The number of pyridine rings is 1. The third kappa shape index (κ3) is 7.56. The summed E-state index contributed by atoms with van der Waals surface area (Å²) in [5.74, 6) is -0.210. The van der Waals surface area contributed by atoms with E-state index in [-0.39, 0.29) is 28.6 Å². The van der Waals surface area contributed by atoms with Gasteiger partial charge in [-0.25, -0.2) is 13.9 Å². The van der Waals surface area contributed by atoms with E-state index in [9.17, 15) is 28.4 Å². The minimum atomic E-state index is -3.14. The van der Waals surface area contributed by atoms with Crippen LogP contribution >= 0.6 is 27.5 Å². The number of hydrogen-bond acceptors (Lipinski definition) is 7. The van der Waals surface area contributed by atoms with Crippen molar-refractivity contribution in [2.24, 2.45) is 0 Å². The van der Waals surface area contributed by atoms with Gasteiger partial charge in [0, 0.05) is 22.5 Å². The smallest absolute Gasteiger partial charge is 0.387 e. The van der Waals surface area contributed by atoms with Gasteiger partial charge >= 0.3 is 12.3 Å². The molecule has 0 amide bonds. The Bertz CT molecular complexity index is 1110. The number of nitro groups is 1. The molecule has 1 aromatic heterocycles. The van der Waals surface area contributed by atoms with Gasteiger partial charge in [0.15, 0.2) is 0 Å². The van der Waals surface area contributed by atoms with Crippen molar-refractivity contribution in [3.05, 3.63) is 55.8 Å². The molecule has 1 unspecified atom stereocenters. The quantitative estimate of drug-likeness (QED) is 0.216. The fraction of sp³-hybridized carbons (Fsp3) is 0.400. The van der Waals surface area contributed by atoms with E-state index >= 15 is 0 Å². The lowest BCUT2D eigenvalue weighted by molar-refractivity contribution is -0.384. The molecule has 0 aliphatic carbocycles. The number of benzene rings is 1. The average Bonchev–Trinajstić information content (AvgIpc) is 2.71. The molecule has 1 heterocycles. The first kappa shape index (κ1) is 27.8. The number of anilines is 1. The number of ether oxygens (including phenoxy) is 1. The molecule has 14 heteroatoms. The van der Waals surface area contributed by atoms with Gasteiger partial charge in [-0.1, -0.05) is 33.6 Å². The molecule has 0 radical (unpaired) electrons. The number of nitrogens with one attached hydrogen (secondary N) is 2. The molecule has 0 saturated heterocycles. The van der Waals surface area contributed by atoms with Crippen LogP contribution in [0.25, 0.3) is 0 Å². The van der Waals surface area contributed by atoms with E-state index in [1.54, 1.807) is 26.8 Å². The Morgan fingerprint density at radius 3 is 2.65 bits per heavy atom.